The molecular formula is C13H19ClO3S. The largest absolute Gasteiger partial charge is 0.396 e. The lowest BCUT2D eigenvalue weighted by molar-refractivity contribution is 0.217. The van der Waals surface area contributed by atoms with Gasteiger partial charge in [-0.15, -0.1) is 0 Å². The minimum absolute atomic E-state index is 0.0657. The SMILES string of the molecule is CS(=O)(=O)CCCC(CO)Cc1cccc(Cl)c1. The first-order chi connectivity index (χ1) is 8.40. The van der Waals surface area contributed by atoms with Crippen LogP contribution in [0.15, 0.2) is 24.3 Å². The molecule has 0 radical (unpaired) electrons. The summed E-state index contributed by atoms with van der Waals surface area (Å²) >= 11 is 5.89. The second-order valence-corrected chi connectivity index (χ2v) is 7.35. The van der Waals surface area contributed by atoms with E-state index in [1.54, 1.807) is 0 Å². The molecule has 1 rings (SSSR count). The molecule has 0 aliphatic heterocycles. The molecule has 3 nitrogen and oxygen atoms in total. The van der Waals surface area contributed by atoms with Crippen molar-refractivity contribution in [2.24, 2.45) is 5.92 Å². The van der Waals surface area contributed by atoms with Gasteiger partial charge in [0.05, 0.1) is 0 Å². The molecule has 1 unspecified atom stereocenters. The summed E-state index contributed by atoms with van der Waals surface area (Å²) in [6, 6.07) is 7.52. The smallest absolute Gasteiger partial charge is 0.147 e. The van der Waals surface area contributed by atoms with E-state index in [4.69, 9.17) is 11.6 Å². The molecule has 5 heteroatoms. The third-order valence-corrected chi connectivity index (χ3v) is 4.06. The van der Waals surface area contributed by atoms with Crippen LogP contribution in [0.3, 0.4) is 0 Å². The topological polar surface area (TPSA) is 54.4 Å². The molecule has 1 aromatic carbocycles. The summed E-state index contributed by atoms with van der Waals surface area (Å²) in [5.41, 5.74) is 1.07. The maximum Gasteiger partial charge on any atom is 0.147 e. The van der Waals surface area contributed by atoms with Crippen molar-refractivity contribution in [1.29, 1.82) is 0 Å². The van der Waals surface area contributed by atoms with E-state index >= 15 is 0 Å². The zero-order chi connectivity index (χ0) is 13.6. The van der Waals surface area contributed by atoms with Crippen molar-refractivity contribution in [3.63, 3.8) is 0 Å². The van der Waals surface area contributed by atoms with Gasteiger partial charge >= 0.3 is 0 Å². The van der Waals surface area contributed by atoms with Crippen molar-refractivity contribution in [1.82, 2.24) is 0 Å². The molecule has 0 saturated carbocycles. The van der Waals surface area contributed by atoms with Gasteiger partial charge in [0, 0.05) is 23.6 Å². The summed E-state index contributed by atoms with van der Waals surface area (Å²) in [5, 5.41) is 9.98. The molecular weight excluding hydrogens is 272 g/mol. The summed E-state index contributed by atoms with van der Waals surface area (Å²) < 4.78 is 22.0. The van der Waals surface area contributed by atoms with Gasteiger partial charge in [0.1, 0.15) is 9.84 Å². The van der Waals surface area contributed by atoms with Gasteiger partial charge < -0.3 is 5.11 Å². The monoisotopic (exact) mass is 290 g/mol. The Bertz CT molecular complexity index is 471. The molecule has 1 aromatic rings. The van der Waals surface area contributed by atoms with Crippen molar-refractivity contribution in [3.8, 4) is 0 Å². The van der Waals surface area contributed by atoms with Gasteiger partial charge in [0.2, 0.25) is 0 Å². The van der Waals surface area contributed by atoms with E-state index in [-0.39, 0.29) is 18.3 Å². The van der Waals surface area contributed by atoms with Crippen molar-refractivity contribution < 1.29 is 13.5 Å². The number of benzene rings is 1. The zero-order valence-electron chi connectivity index (χ0n) is 10.5. The molecule has 0 fully saturated rings. The fourth-order valence-electron chi connectivity index (χ4n) is 1.89. The van der Waals surface area contributed by atoms with Gasteiger partial charge in [0.15, 0.2) is 0 Å². The lowest BCUT2D eigenvalue weighted by atomic mass is 9.96. The minimum Gasteiger partial charge on any atom is -0.396 e. The molecule has 0 spiro atoms. The molecule has 0 aliphatic rings. The van der Waals surface area contributed by atoms with Gasteiger partial charge in [-0.25, -0.2) is 8.42 Å². The Balaban J connectivity index is 2.47. The van der Waals surface area contributed by atoms with E-state index in [2.05, 4.69) is 0 Å². The van der Waals surface area contributed by atoms with Crippen LogP contribution in [0.4, 0.5) is 0 Å². The van der Waals surface area contributed by atoms with Gasteiger partial charge in [-0.05, 0) is 42.9 Å². The molecule has 0 saturated heterocycles. The quantitative estimate of drug-likeness (QED) is 0.838. The third-order valence-electron chi connectivity index (χ3n) is 2.80. The summed E-state index contributed by atoms with van der Waals surface area (Å²) in [7, 11) is -2.91. The maximum atomic E-state index is 11.0. The fourth-order valence-corrected chi connectivity index (χ4v) is 2.79. The second-order valence-electron chi connectivity index (χ2n) is 4.65. The Morgan fingerprint density at radius 1 is 1.39 bits per heavy atom. The molecule has 18 heavy (non-hydrogen) atoms. The number of aliphatic hydroxyl groups excluding tert-OH is 1. The van der Waals surface area contributed by atoms with E-state index in [0.717, 1.165) is 12.0 Å². The standard InChI is InChI=1S/C13H19ClO3S/c1-18(16,17)7-3-5-12(10-15)8-11-4-2-6-13(14)9-11/h2,4,6,9,12,15H,3,5,7-8,10H2,1H3. The maximum absolute atomic E-state index is 11.0. The third kappa shape index (κ3) is 6.38. The number of hydrogen-bond acceptors (Lipinski definition) is 3. The fraction of sp³-hybridized carbons (Fsp3) is 0.538. The molecule has 0 bridgehead atoms. The summed E-state index contributed by atoms with van der Waals surface area (Å²) in [4.78, 5) is 0. The van der Waals surface area contributed by atoms with Gasteiger partial charge in [-0.3, -0.25) is 0 Å². The minimum atomic E-state index is -2.91. The number of rotatable bonds is 7. The van der Waals surface area contributed by atoms with Crippen LogP contribution in [-0.2, 0) is 16.3 Å². The zero-order valence-corrected chi connectivity index (χ0v) is 12.0. The molecule has 0 heterocycles. The lowest BCUT2D eigenvalue weighted by Gasteiger charge is -2.14. The van der Waals surface area contributed by atoms with Crippen LogP contribution in [0.5, 0.6) is 0 Å². The van der Waals surface area contributed by atoms with Crippen LogP contribution in [0.1, 0.15) is 18.4 Å². The van der Waals surface area contributed by atoms with Crippen LogP contribution in [0.2, 0.25) is 5.02 Å². The number of sulfone groups is 1. The first kappa shape index (κ1) is 15.5. The Hall–Kier alpha value is -0.580. The highest BCUT2D eigenvalue weighted by Crippen LogP contribution is 2.17. The number of hydrogen-bond donors (Lipinski definition) is 1. The summed E-state index contributed by atoms with van der Waals surface area (Å²) in [6.07, 6.45) is 3.25. The Kier molecular flexibility index (Phi) is 6.12. The van der Waals surface area contributed by atoms with Crippen molar-refractivity contribution >= 4 is 21.4 Å². The van der Waals surface area contributed by atoms with Gasteiger partial charge in [-0.2, -0.15) is 0 Å². The average Bonchev–Trinajstić information content (AvgIpc) is 2.26. The van der Waals surface area contributed by atoms with Crippen LogP contribution in [0, 0.1) is 5.92 Å². The van der Waals surface area contributed by atoms with E-state index in [0.29, 0.717) is 17.9 Å². The Labute approximate surface area is 114 Å². The normalized spacial score (nSPS) is 13.5. The first-order valence-corrected chi connectivity index (χ1v) is 8.37. The molecule has 1 atom stereocenters. The van der Waals surface area contributed by atoms with Crippen LogP contribution in [0.25, 0.3) is 0 Å². The van der Waals surface area contributed by atoms with Crippen molar-refractivity contribution in [3.05, 3.63) is 34.9 Å². The first-order valence-electron chi connectivity index (χ1n) is 5.94. The van der Waals surface area contributed by atoms with E-state index < -0.39 is 9.84 Å². The molecule has 0 aliphatic carbocycles. The van der Waals surface area contributed by atoms with Crippen molar-refractivity contribution in [2.75, 3.05) is 18.6 Å². The number of aliphatic hydroxyl groups is 1. The van der Waals surface area contributed by atoms with Gasteiger partial charge in [0.25, 0.3) is 0 Å². The predicted octanol–water partition coefficient (Wildman–Crippen LogP) is 2.32. The second kappa shape index (κ2) is 7.12. The van der Waals surface area contributed by atoms with Gasteiger partial charge in [-0.1, -0.05) is 23.7 Å². The molecule has 1 N–H and O–H groups in total. The highest BCUT2D eigenvalue weighted by Gasteiger charge is 2.11. The van der Waals surface area contributed by atoms with Crippen LogP contribution < -0.4 is 0 Å². The van der Waals surface area contributed by atoms with E-state index in [9.17, 15) is 13.5 Å². The highest BCUT2D eigenvalue weighted by molar-refractivity contribution is 7.90. The predicted molar refractivity (Wildman–Crippen MR) is 74.7 cm³/mol. The van der Waals surface area contributed by atoms with Crippen molar-refractivity contribution in [2.45, 2.75) is 19.3 Å². The average molecular weight is 291 g/mol. The lowest BCUT2D eigenvalue weighted by Crippen LogP contribution is -2.12. The molecule has 0 amide bonds. The highest BCUT2D eigenvalue weighted by atomic mass is 35.5. The summed E-state index contributed by atoms with van der Waals surface area (Å²) in [6.45, 7) is 0.0657. The molecule has 0 aromatic heterocycles. The Morgan fingerprint density at radius 3 is 2.67 bits per heavy atom. The molecule has 102 valence electrons. The Morgan fingerprint density at radius 2 is 2.11 bits per heavy atom. The van der Waals surface area contributed by atoms with E-state index in [1.165, 1.54) is 6.26 Å². The van der Waals surface area contributed by atoms with Crippen LogP contribution >= 0.6 is 11.6 Å². The van der Waals surface area contributed by atoms with E-state index in [1.807, 2.05) is 24.3 Å². The van der Waals surface area contributed by atoms with Crippen LogP contribution in [-0.4, -0.2) is 32.1 Å². The number of halogens is 1. The summed E-state index contributed by atoms with van der Waals surface area (Å²) in [5.74, 6) is 0.268.